The first-order valence-electron chi connectivity index (χ1n) is 12.8. The molecule has 0 unspecified atom stereocenters. The number of morpholine rings is 1. The highest BCUT2D eigenvalue weighted by atomic mass is 32.2. The van der Waals surface area contributed by atoms with Gasteiger partial charge in [0.15, 0.2) is 0 Å². The maximum Gasteiger partial charge on any atom is 0.273 e. The summed E-state index contributed by atoms with van der Waals surface area (Å²) in [5.41, 5.74) is 2.45. The van der Waals surface area contributed by atoms with Gasteiger partial charge in [-0.05, 0) is 44.2 Å². The largest absolute Gasteiger partial charge is 0.378 e. The standard InChI is InChI=1S/C27H33N5O3S2/c1-19-28-24(18-37-19)27(34)32(10-4-9-30-8-3-5-25(30)33)17-21-15-20-6-7-22(36-2)16-23(20)29-26(21)31-11-13-35-14-12-31/h6-7,15-16,18H,3-5,8-14,17H2,1-2H3. The first-order valence-corrected chi connectivity index (χ1v) is 14.9. The second-order valence-corrected chi connectivity index (χ2v) is 11.4. The van der Waals surface area contributed by atoms with Crippen LogP contribution in [0, 0.1) is 6.92 Å². The molecule has 0 spiro atoms. The van der Waals surface area contributed by atoms with Crippen molar-refractivity contribution < 1.29 is 14.3 Å². The van der Waals surface area contributed by atoms with Gasteiger partial charge in [-0.25, -0.2) is 9.97 Å². The second-order valence-electron chi connectivity index (χ2n) is 9.45. The van der Waals surface area contributed by atoms with E-state index in [0.29, 0.717) is 45.0 Å². The Hall–Kier alpha value is -2.69. The van der Waals surface area contributed by atoms with Crippen LogP contribution in [0.4, 0.5) is 5.82 Å². The number of thioether (sulfide) groups is 1. The zero-order valence-corrected chi connectivity index (χ0v) is 23.1. The number of hydrogen-bond donors (Lipinski definition) is 0. The number of thiazole rings is 1. The topological polar surface area (TPSA) is 78.9 Å². The lowest BCUT2D eigenvalue weighted by atomic mass is 10.1. The minimum Gasteiger partial charge on any atom is -0.378 e. The van der Waals surface area contributed by atoms with E-state index >= 15 is 0 Å². The zero-order chi connectivity index (χ0) is 25.8. The lowest BCUT2D eigenvalue weighted by Gasteiger charge is -2.31. The van der Waals surface area contributed by atoms with E-state index in [1.807, 2.05) is 22.1 Å². The Morgan fingerprint density at radius 2 is 2.03 bits per heavy atom. The SMILES string of the molecule is CSc1ccc2cc(CN(CCCN3CCCC3=O)C(=O)c3csc(C)n3)c(N3CCOCC3)nc2c1. The molecule has 196 valence electrons. The van der Waals surface area contributed by atoms with Crippen molar-refractivity contribution in [1.29, 1.82) is 0 Å². The van der Waals surface area contributed by atoms with Crippen LogP contribution >= 0.6 is 23.1 Å². The van der Waals surface area contributed by atoms with E-state index in [2.05, 4.69) is 40.4 Å². The number of aromatic nitrogens is 2. The smallest absolute Gasteiger partial charge is 0.273 e. The number of likely N-dealkylation sites (tertiary alicyclic amines) is 1. The van der Waals surface area contributed by atoms with Gasteiger partial charge in [0.05, 0.1) is 23.7 Å². The molecule has 5 rings (SSSR count). The Labute approximate surface area is 226 Å². The molecule has 10 heteroatoms. The molecule has 2 saturated heterocycles. The molecular weight excluding hydrogens is 506 g/mol. The Morgan fingerprint density at radius 1 is 1.19 bits per heavy atom. The lowest BCUT2D eigenvalue weighted by molar-refractivity contribution is -0.127. The molecule has 1 aromatic carbocycles. The lowest BCUT2D eigenvalue weighted by Crippen LogP contribution is -2.39. The highest BCUT2D eigenvalue weighted by Crippen LogP contribution is 2.29. The van der Waals surface area contributed by atoms with Crippen LogP contribution in [0.3, 0.4) is 0 Å². The molecule has 0 saturated carbocycles. The fourth-order valence-corrected chi connectivity index (χ4v) is 5.97. The van der Waals surface area contributed by atoms with Crippen molar-refractivity contribution in [2.45, 2.75) is 37.6 Å². The number of ether oxygens (including phenoxy) is 1. The van der Waals surface area contributed by atoms with E-state index < -0.39 is 0 Å². The number of hydrogen-bond acceptors (Lipinski definition) is 8. The average Bonchev–Trinajstić information content (AvgIpc) is 3.55. The molecule has 2 fully saturated rings. The van der Waals surface area contributed by atoms with Crippen molar-refractivity contribution in [3.63, 3.8) is 0 Å². The van der Waals surface area contributed by atoms with Gasteiger partial charge in [-0.3, -0.25) is 9.59 Å². The molecule has 0 radical (unpaired) electrons. The molecule has 0 aliphatic carbocycles. The molecule has 2 aromatic heterocycles. The number of anilines is 1. The number of fused-ring (bicyclic) bond motifs is 1. The van der Waals surface area contributed by atoms with Gasteiger partial charge in [-0.1, -0.05) is 6.07 Å². The fourth-order valence-electron chi connectivity index (χ4n) is 4.95. The van der Waals surface area contributed by atoms with Gasteiger partial charge in [0.1, 0.15) is 11.5 Å². The third-order valence-corrected chi connectivity index (χ3v) is 8.40. The van der Waals surface area contributed by atoms with E-state index in [1.54, 1.807) is 11.8 Å². The summed E-state index contributed by atoms with van der Waals surface area (Å²) in [5.74, 6) is 1.05. The summed E-state index contributed by atoms with van der Waals surface area (Å²) >= 11 is 3.19. The number of rotatable bonds is 9. The molecule has 2 aliphatic heterocycles. The van der Waals surface area contributed by atoms with Crippen LogP contribution in [0.2, 0.25) is 0 Å². The average molecular weight is 540 g/mol. The Kier molecular flexibility index (Phi) is 8.26. The molecule has 8 nitrogen and oxygen atoms in total. The van der Waals surface area contributed by atoms with Crippen molar-refractivity contribution in [2.75, 3.05) is 57.1 Å². The number of amides is 2. The molecule has 0 N–H and O–H groups in total. The van der Waals surface area contributed by atoms with Gasteiger partial charge in [-0.15, -0.1) is 23.1 Å². The van der Waals surface area contributed by atoms with E-state index in [1.165, 1.54) is 16.2 Å². The number of aryl methyl sites for hydroxylation is 1. The minimum absolute atomic E-state index is 0.0807. The molecule has 37 heavy (non-hydrogen) atoms. The number of benzene rings is 1. The highest BCUT2D eigenvalue weighted by molar-refractivity contribution is 7.98. The predicted octanol–water partition coefficient (Wildman–Crippen LogP) is 4.21. The van der Waals surface area contributed by atoms with Crippen LogP contribution in [0.1, 0.15) is 40.3 Å². The van der Waals surface area contributed by atoms with Gasteiger partial charge in [-0.2, -0.15) is 0 Å². The maximum atomic E-state index is 13.6. The monoisotopic (exact) mass is 539 g/mol. The predicted molar refractivity (Wildman–Crippen MR) is 149 cm³/mol. The summed E-state index contributed by atoms with van der Waals surface area (Å²) in [5, 5.41) is 3.77. The van der Waals surface area contributed by atoms with Crippen LogP contribution in [0.25, 0.3) is 10.9 Å². The highest BCUT2D eigenvalue weighted by Gasteiger charge is 2.25. The van der Waals surface area contributed by atoms with Crippen molar-refractivity contribution in [3.05, 3.63) is 45.9 Å². The van der Waals surface area contributed by atoms with Gasteiger partial charge in [0.25, 0.3) is 5.91 Å². The molecule has 0 atom stereocenters. The van der Waals surface area contributed by atoms with Gasteiger partial charge < -0.3 is 19.4 Å². The second kappa shape index (κ2) is 11.8. The number of carbonyl (C=O) groups is 2. The molecule has 3 aromatic rings. The summed E-state index contributed by atoms with van der Waals surface area (Å²) in [6, 6.07) is 8.52. The molecule has 2 amide bonds. The van der Waals surface area contributed by atoms with E-state index in [9.17, 15) is 9.59 Å². The van der Waals surface area contributed by atoms with Gasteiger partial charge >= 0.3 is 0 Å². The van der Waals surface area contributed by atoms with Gasteiger partial charge in [0.2, 0.25) is 5.91 Å². The third kappa shape index (κ3) is 6.08. The van der Waals surface area contributed by atoms with Crippen LogP contribution in [0.15, 0.2) is 34.5 Å². The summed E-state index contributed by atoms with van der Waals surface area (Å²) in [6.45, 7) is 7.23. The maximum absolute atomic E-state index is 13.6. The van der Waals surface area contributed by atoms with E-state index in [0.717, 1.165) is 59.8 Å². The van der Waals surface area contributed by atoms with Gasteiger partial charge in [0, 0.05) is 66.9 Å². The number of carbonyl (C=O) groups excluding carboxylic acids is 2. The fraction of sp³-hybridized carbons (Fsp3) is 0.481. The quantitative estimate of drug-likeness (QED) is 0.377. The number of pyridine rings is 1. The third-order valence-electron chi connectivity index (χ3n) is 6.91. The first-order chi connectivity index (χ1) is 18.0. The molecular formula is C27H33N5O3S2. The van der Waals surface area contributed by atoms with Crippen molar-refractivity contribution in [1.82, 2.24) is 19.8 Å². The van der Waals surface area contributed by atoms with E-state index in [4.69, 9.17) is 9.72 Å². The molecule has 0 bridgehead atoms. The molecule has 4 heterocycles. The Bertz CT molecular complexity index is 1270. The summed E-state index contributed by atoms with van der Waals surface area (Å²) < 4.78 is 5.60. The van der Waals surface area contributed by atoms with Crippen molar-refractivity contribution in [2.24, 2.45) is 0 Å². The first kappa shape index (κ1) is 25.9. The van der Waals surface area contributed by atoms with Crippen molar-refractivity contribution in [3.8, 4) is 0 Å². The summed E-state index contributed by atoms with van der Waals surface area (Å²) in [6.07, 6.45) is 4.34. The van der Waals surface area contributed by atoms with Crippen LogP contribution in [-0.2, 0) is 16.1 Å². The zero-order valence-electron chi connectivity index (χ0n) is 21.4. The Balaban J connectivity index is 1.45. The van der Waals surface area contributed by atoms with E-state index in [-0.39, 0.29) is 11.8 Å². The summed E-state index contributed by atoms with van der Waals surface area (Å²) in [7, 11) is 0. The van der Waals surface area contributed by atoms with Crippen molar-refractivity contribution >= 4 is 51.6 Å². The minimum atomic E-state index is -0.0807. The van der Waals surface area contributed by atoms with Crippen LogP contribution in [0.5, 0.6) is 0 Å². The number of nitrogens with zero attached hydrogens (tertiary/aromatic N) is 5. The molecule has 2 aliphatic rings. The Morgan fingerprint density at radius 3 is 2.73 bits per heavy atom. The summed E-state index contributed by atoms with van der Waals surface area (Å²) in [4.78, 5) is 42.5. The van der Waals surface area contributed by atoms with Crippen LogP contribution < -0.4 is 4.90 Å². The normalized spacial score (nSPS) is 16.1. The van der Waals surface area contributed by atoms with Crippen LogP contribution in [-0.4, -0.2) is 83.8 Å².